The molecule has 0 unspecified atom stereocenters. The van der Waals surface area contributed by atoms with Crippen LogP contribution in [0.4, 0.5) is 5.69 Å². The molecule has 1 heterocycles. The molecular formula is C14H17ClN2O3. The number of hydrogen-bond donors (Lipinski definition) is 1. The van der Waals surface area contributed by atoms with E-state index in [0.717, 1.165) is 0 Å². The molecule has 1 N–H and O–H groups in total. The molecule has 0 aliphatic carbocycles. The zero-order chi connectivity index (χ0) is 14.4. The minimum atomic E-state index is -0.186. The molecule has 1 fully saturated rings. The Morgan fingerprint density at radius 1 is 1.25 bits per heavy atom. The standard InChI is InChI=1S/C14H17ClN2O3/c15-11-2-1-3-12(10-11)16-13(18)4-5-14(19)17-6-8-20-9-7-17/h1-3,10H,4-9H2,(H,16,18). The van der Waals surface area contributed by atoms with Gasteiger partial charge in [-0.25, -0.2) is 0 Å². The average molecular weight is 297 g/mol. The maximum Gasteiger partial charge on any atom is 0.224 e. The van der Waals surface area contributed by atoms with Gasteiger partial charge in [-0.2, -0.15) is 0 Å². The molecule has 6 heteroatoms. The van der Waals surface area contributed by atoms with Crippen molar-refractivity contribution < 1.29 is 14.3 Å². The van der Waals surface area contributed by atoms with Crippen molar-refractivity contribution in [1.82, 2.24) is 4.90 Å². The lowest BCUT2D eigenvalue weighted by Gasteiger charge is -2.26. The van der Waals surface area contributed by atoms with Crippen molar-refractivity contribution in [3.05, 3.63) is 29.3 Å². The molecule has 0 aromatic heterocycles. The predicted molar refractivity (Wildman–Crippen MR) is 76.7 cm³/mol. The lowest BCUT2D eigenvalue weighted by Crippen LogP contribution is -2.40. The molecule has 1 aromatic carbocycles. The minimum Gasteiger partial charge on any atom is -0.378 e. The van der Waals surface area contributed by atoms with E-state index in [0.29, 0.717) is 37.0 Å². The molecular weight excluding hydrogens is 280 g/mol. The SMILES string of the molecule is O=C(CCC(=O)N1CCOCC1)Nc1cccc(Cl)c1. The Bertz CT molecular complexity index is 487. The van der Waals surface area contributed by atoms with Gasteiger partial charge in [-0.1, -0.05) is 17.7 Å². The fraction of sp³-hybridized carbons (Fsp3) is 0.429. The molecule has 2 rings (SSSR count). The summed E-state index contributed by atoms with van der Waals surface area (Å²) >= 11 is 5.83. The molecule has 2 amide bonds. The average Bonchev–Trinajstić information content (AvgIpc) is 2.46. The van der Waals surface area contributed by atoms with E-state index in [1.54, 1.807) is 29.2 Å². The van der Waals surface area contributed by atoms with Gasteiger partial charge in [0.15, 0.2) is 0 Å². The normalized spacial score (nSPS) is 14.9. The third-order valence-electron chi connectivity index (χ3n) is 3.04. The van der Waals surface area contributed by atoms with Crippen molar-refractivity contribution in [2.75, 3.05) is 31.6 Å². The molecule has 1 aromatic rings. The predicted octanol–water partition coefficient (Wildman–Crippen LogP) is 1.92. The van der Waals surface area contributed by atoms with E-state index >= 15 is 0 Å². The van der Waals surface area contributed by atoms with E-state index in [1.807, 2.05) is 0 Å². The molecule has 108 valence electrons. The summed E-state index contributed by atoms with van der Waals surface area (Å²) in [5.74, 6) is -0.191. The first kappa shape index (κ1) is 14.8. The Kier molecular flexibility index (Phi) is 5.38. The topological polar surface area (TPSA) is 58.6 Å². The molecule has 0 atom stereocenters. The number of carbonyl (C=O) groups excluding carboxylic acids is 2. The number of rotatable bonds is 4. The number of nitrogens with one attached hydrogen (secondary N) is 1. The quantitative estimate of drug-likeness (QED) is 0.923. The molecule has 0 spiro atoms. The number of hydrogen-bond acceptors (Lipinski definition) is 3. The van der Waals surface area contributed by atoms with Gasteiger partial charge in [-0.05, 0) is 18.2 Å². The molecule has 1 aliphatic heterocycles. The fourth-order valence-electron chi connectivity index (χ4n) is 1.98. The Balaban J connectivity index is 1.75. The van der Waals surface area contributed by atoms with Crippen LogP contribution in [0.3, 0.4) is 0 Å². The monoisotopic (exact) mass is 296 g/mol. The first-order valence-corrected chi connectivity index (χ1v) is 6.94. The maximum absolute atomic E-state index is 11.9. The van der Waals surface area contributed by atoms with Gasteiger partial charge in [-0.15, -0.1) is 0 Å². The van der Waals surface area contributed by atoms with E-state index < -0.39 is 0 Å². The Morgan fingerprint density at radius 3 is 2.70 bits per heavy atom. The Hall–Kier alpha value is -1.59. The number of morpholine rings is 1. The summed E-state index contributed by atoms with van der Waals surface area (Å²) in [4.78, 5) is 25.4. The van der Waals surface area contributed by atoms with Crippen LogP contribution in [0.5, 0.6) is 0 Å². The molecule has 0 saturated carbocycles. The number of ether oxygens (including phenoxy) is 1. The molecule has 20 heavy (non-hydrogen) atoms. The number of anilines is 1. The van der Waals surface area contributed by atoms with Crippen LogP contribution >= 0.6 is 11.6 Å². The second-order valence-corrected chi connectivity index (χ2v) is 4.99. The van der Waals surface area contributed by atoms with Gasteiger partial charge in [0.05, 0.1) is 13.2 Å². The van der Waals surface area contributed by atoms with Gasteiger partial charge in [-0.3, -0.25) is 9.59 Å². The Labute approximate surface area is 122 Å². The zero-order valence-electron chi connectivity index (χ0n) is 11.1. The van der Waals surface area contributed by atoms with Crippen molar-refractivity contribution in [1.29, 1.82) is 0 Å². The maximum atomic E-state index is 11.9. The summed E-state index contributed by atoms with van der Waals surface area (Å²) in [5, 5.41) is 3.28. The summed E-state index contributed by atoms with van der Waals surface area (Å²) in [5.41, 5.74) is 0.640. The van der Waals surface area contributed by atoms with Crippen LogP contribution in [0, 0.1) is 0 Å². The smallest absolute Gasteiger partial charge is 0.224 e. The van der Waals surface area contributed by atoms with E-state index in [9.17, 15) is 9.59 Å². The van der Waals surface area contributed by atoms with E-state index in [-0.39, 0.29) is 24.7 Å². The summed E-state index contributed by atoms with van der Waals surface area (Å²) < 4.78 is 5.18. The third-order valence-corrected chi connectivity index (χ3v) is 3.27. The fourth-order valence-corrected chi connectivity index (χ4v) is 2.17. The number of carbonyl (C=O) groups is 2. The lowest BCUT2D eigenvalue weighted by atomic mass is 10.2. The summed E-state index contributed by atoms with van der Waals surface area (Å²) in [6.45, 7) is 2.35. The second kappa shape index (κ2) is 7.26. The third kappa shape index (κ3) is 4.51. The van der Waals surface area contributed by atoms with E-state index in [4.69, 9.17) is 16.3 Å². The van der Waals surface area contributed by atoms with Crippen LogP contribution in [0.2, 0.25) is 5.02 Å². The first-order chi connectivity index (χ1) is 9.65. The summed E-state index contributed by atoms with van der Waals surface area (Å²) in [7, 11) is 0. The second-order valence-electron chi connectivity index (χ2n) is 4.55. The molecule has 0 bridgehead atoms. The molecule has 0 radical (unpaired) electrons. The summed E-state index contributed by atoms with van der Waals surface area (Å²) in [6.07, 6.45) is 0.384. The summed E-state index contributed by atoms with van der Waals surface area (Å²) in [6, 6.07) is 6.92. The van der Waals surface area contributed by atoms with Gasteiger partial charge in [0.1, 0.15) is 0 Å². The van der Waals surface area contributed by atoms with Crippen LogP contribution in [0.1, 0.15) is 12.8 Å². The van der Waals surface area contributed by atoms with Crippen LogP contribution < -0.4 is 5.32 Å². The van der Waals surface area contributed by atoms with E-state index in [2.05, 4.69) is 5.32 Å². The number of nitrogens with zero attached hydrogens (tertiary/aromatic N) is 1. The van der Waals surface area contributed by atoms with Gasteiger partial charge in [0.25, 0.3) is 0 Å². The van der Waals surface area contributed by atoms with Crippen LogP contribution in [-0.4, -0.2) is 43.0 Å². The number of amides is 2. The van der Waals surface area contributed by atoms with Gasteiger partial charge in [0.2, 0.25) is 11.8 Å². The van der Waals surface area contributed by atoms with Gasteiger partial charge >= 0.3 is 0 Å². The highest BCUT2D eigenvalue weighted by atomic mass is 35.5. The highest BCUT2D eigenvalue weighted by molar-refractivity contribution is 6.30. The number of benzene rings is 1. The van der Waals surface area contributed by atoms with Gasteiger partial charge < -0.3 is 15.0 Å². The van der Waals surface area contributed by atoms with Crippen LogP contribution in [-0.2, 0) is 14.3 Å². The minimum absolute atomic E-state index is 0.00505. The van der Waals surface area contributed by atoms with Crippen LogP contribution in [0.15, 0.2) is 24.3 Å². The van der Waals surface area contributed by atoms with Crippen LogP contribution in [0.25, 0.3) is 0 Å². The van der Waals surface area contributed by atoms with Crippen molar-refractivity contribution in [3.63, 3.8) is 0 Å². The van der Waals surface area contributed by atoms with E-state index in [1.165, 1.54) is 0 Å². The highest BCUT2D eigenvalue weighted by Crippen LogP contribution is 2.15. The Morgan fingerprint density at radius 2 is 2.00 bits per heavy atom. The van der Waals surface area contributed by atoms with Crippen molar-refractivity contribution >= 4 is 29.1 Å². The molecule has 1 saturated heterocycles. The lowest BCUT2D eigenvalue weighted by molar-refractivity contribution is -0.136. The molecule has 1 aliphatic rings. The zero-order valence-corrected chi connectivity index (χ0v) is 11.9. The van der Waals surface area contributed by atoms with Gasteiger partial charge in [0, 0.05) is 36.6 Å². The van der Waals surface area contributed by atoms with Crippen molar-refractivity contribution in [3.8, 4) is 0 Å². The van der Waals surface area contributed by atoms with Crippen molar-refractivity contribution in [2.45, 2.75) is 12.8 Å². The first-order valence-electron chi connectivity index (χ1n) is 6.56. The number of halogens is 1. The van der Waals surface area contributed by atoms with Crippen molar-refractivity contribution in [2.24, 2.45) is 0 Å². The largest absolute Gasteiger partial charge is 0.378 e. The highest BCUT2D eigenvalue weighted by Gasteiger charge is 2.17. The molecule has 5 nitrogen and oxygen atoms in total.